The van der Waals surface area contributed by atoms with E-state index in [0.29, 0.717) is 0 Å². The molecule has 0 spiro atoms. The van der Waals surface area contributed by atoms with Gasteiger partial charge in [0.15, 0.2) is 0 Å². The molecule has 1 aliphatic carbocycles. The summed E-state index contributed by atoms with van der Waals surface area (Å²) in [4.78, 5) is 0. The van der Waals surface area contributed by atoms with Crippen LogP contribution in [0.4, 0.5) is 0 Å². The Labute approximate surface area is 125 Å². The maximum absolute atomic E-state index is 6.78. The summed E-state index contributed by atoms with van der Waals surface area (Å²) in [5.41, 5.74) is 12.0. The Balaban J connectivity index is 1.66. The summed E-state index contributed by atoms with van der Waals surface area (Å²) in [6.07, 6.45) is 4.13. The zero-order valence-electron chi connectivity index (χ0n) is 12.2. The van der Waals surface area contributed by atoms with E-state index in [0.717, 1.165) is 32.3 Å². The molecule has 1 aliphatic heterocycles. The highest BCUT2D eigenvalue weighted by atomic mass is 16.5. The number of hydrogen-bond donors (Lipinski definition) is 1. The van der Waals surface area contributed by atoms with E-state index in [1.807, 2.05) is 0 Å². The largest absolute Gasteiger partial charge is 0.373 e. The molecule has 108 valence electrons. The Hall–Kier alpha value is -1.64. The second kappa shape index (κ2) is 4.97. The molecular weight excluding hydrogens is 258 g/mol. The highest BCUT2D eigenvalue weighted by Crippen LogP contribution is 2.43. The van der Waals surface area contributed by atoms with E-state index in [4.69, 9.17) is 10.5 Å². The second-order valence-corrected chi connectivity index (χ2v) is 6.33. The third-order valence-electron chi connectivity index (χ3n) is 5.04. The second-order valence-electron chi connectivity index (χ2n) is 6.33. The zero-order valence-corrected chi connectivity index (χ0v) is 12.2. The van der Waals surface area contributed by atoms with Crippen LogP contribution in [0.15, 0.2) is 48.5 Å². The minimum Gasteiger partial charge on any atom is -0.373 e. The lowest BCUT2D eigenvalue weighted by atomic mass is 9.83. The molecule has 2 nitrogen and oxygen atoms in total. The lowest BCUT2D eigenvalue weighted by molar-refractivity contribution is 0.0202. The molecule has 1 heterocycles. The molecule has 0 fully saturated rings. The normalized spacial score (nSPS) is 27.2. The average Bonchev–Trinajstić information content (AvgIpc) is 2.86. The van der Waals surface area contributed by atoms with Crippen LogP contribution in [0.2, 0.25) is 0 Å². The van der Waals surface area contributed by atoms with Gasteiger partial charge in [-0.2, -0.15) is 0 Å². The van der Waals surface area contributed by atoms with Crippen LogP contribution in [0, 0.1) is 0 Å². The molecule has 2 aliphatic rings. The number of fused-ring (bicyclic) bond motifs is 2. The van der Waals surface area contributed by atoms with Crippen molar-refractivity contribution in [3.05, 3.63) is 70.8 Å². The van der Waals surface area contributed by atoms with Crippen molar-refractivity contribution in [3.63, 3.8) is 0 Å². The van der Waals surface area contributed by atoms with Crippen molar-refractivity contribution in [2.75, 3.05) is 6.61 Å². The molecular formula is C19H21NO. The van der Waals surface area contributed by atoms with Crippen LogP contribution in [-0.4, -0.2) is 6.61 Å². The number of rotatable bonds is 2. The predicted molar refractivity (Wildman–Crippen MR) is 84.1 cm³/mol. The van der Waals surface area contributed by atoms with Crippen molar-refractivity contribution in [3.8, 4) is 0 Å². The van der Waals surface area contributed by atoms with Gasteiger partial charge >= 0.3 is 0 Å². The summed E-state index contributed by atoms with van der Waals surface area (Å²) in [6, 6.07) is 17.2. The van der Waals surface area contributed by atoms with Crippen LogP contribution in [0.3, 0.4) is 0 Å². The van der Waals surface area contributed by atoms with Crippen molar-refractivity contribution < 1.29 is 4.74 Å². The van der Waals surface area contributed by atoms with Gasteiger partial charge in [-0.15, -0.1) is 0 Å². The molecule has 2 unspecified atom stereocenters. The fourth-order valence-electron chi connectivity index (χ4n) is 3.91. The Morgan fingerprint density at radius 3 is 2.67 bits per heavy atom. The van der Waals surface area contributed by atoms with Gasteiger partial charge in [0.25, 0.3) is 0 Å². The topological polar surface area (TPSA) is 35.2 Å². The van der Waals surface area contributed by atoms with Crippen molar-refractivity contribution in [1.29, 1.82) is 0 Å². The predicted octanol–water partition coefficient (Wildman–Crippen LogP) is 3.49. The first kappa shape index (κ1) is 13.1. The molecule has 0 aromatic heterocycles. The van der Waals surface area contributed by atoms with E-state index in [2.05, 4.69) is 48.5 Å². The summed E-state index contributed by atoms with van der Waals surface area (Å²) in [5, 5.41) is 0. The van der Waals surface area contributed by atoms with E-state index < -0.39 is 0 Å². The first-order chi connectivity index (χ1) is 10.3. The highest BCUT2D eigenvalue weighted by Gasteiger charge is 2.38. The summed E-state index contributed by atoms with van der Waals surface area (Å²) in [7, 11) is 0. The van der Waals surface area contributed by atoms with Gasteiger partial charge < -0.3 is 10.5 Å². The Morgan fingerprint density at radius 1 is 1.00 bits per heavy atom. The summed E-state index contributed by atoms with van der Waals surface area (Å²) in [6.45, 7) is 0.805. The molecule has 4 rings (SSSR count). The molecule has 0 bridgehead atoms. The molecule has 0 saturated carbocycles. The molecule has 21 heavy (non-hydrogen) atoms. The fraction of sp³-hybridized carbons (Fsp3) is 0.368. The molecule has 0 amide bonds. The van der Waals surface area contributed by atoms with Crippen molar-refractivity contribution in [2.24, 2.45) is 5.73 Å². The van der Waals surface area contributed by atoms with Crippen molar-refractivity contribution >= 4 is 0 Å². The maximum Gasteiger partial charge on any atom is 0.0848 e. The van der Waals surface area contributed by atoms with Gasteiger partial charge in [-0.3, -0.25) is 0 Å². The molecule has 2 aromatic rings. The van der Waals surface area contributed by atoms with E-state index in [9.17, 15) is 0 Å². The third-order valence-corrected chi connectivity index (χ3v) is 5.04. The molecule has 2 N–H and O–H groups in total. The molecule has 0 saturated heterocycles. The van der Waals surface area contributed by atoms with Gasteiger partial charge in [-0.1, -0.05) is 48.5 Å². The highest BCUT2D eigenvalue weighted by molar-refractivity contribution is 5.39. The number of benzene rings is 2. The van der Waals surface area contributed by atoms with Crippen molar-refractivity contribution in [2.45, 2.75) is 37.3 Å². The molecule has 2 atom stereocenters. The summed E-state index contributed by atoms with van der Waals surface area (Å²) < 4.78 is 6.07. The minimum absolute atomic E-state index is 0.131. The van der Waals surface area contributed by atoms with Crippen LogP contribution >= 0.6 is 0 Å². The van der Waals surface area contributed by atoms with Gasteiger partial charge in [-0.05, 0) is 47.9 Å². The first-order valence-electron chi connectivity index (χ1n) is 7.83. The minimum atomic E-state index is -0.244. The van der Waals surface area contributed by atoms with E-state index in [-0.39, 0.29) is 11.6 Å². The van der Waals surface area contributed by atoms with Gasteiger partial charge in [0.05, 0.1) is 12.7 Å². The standard InChI is InChI=1S/C19H21NO/c20-19(11-9-15-6-2-4-8-17(15)19)13-18-16-7-3-1-5-14(16)10-12-21-18/h1-8,18H,9-13,20H2. The zero-order chi connectivity index (χ0) is 14.3. The van der Waals surface area contributed by atoms with Crippen molar-refractivity contribution in [1.82, 2.24) is 0 Å². The Morgan fingerprint density at radius 2 is 1.76 bits per heavy atom. The Kier molecular flexibility index (Phi) is 3.09. The maximum atomic E-state index is 6.78. The molecule has 2 heteroatoms. The van der Waals surface area contributed by atoms with Crippen LogP contribution < -0.4 is 5.73 Å². The van der Waals surface area contributed by atoms with Gasteiger partial charge in [-0.25, -0.2) is 0 Å². The molecule has 0 radical (unpaired) electrons. The molecule has 2 aromatic carbocycles. The lowest BCUT2D eigenvalue weighted by Crippen LogP contribution is -2.37. The summed E-state index contributed by atoms with van der Waals surface area (Å²) in [5.74, 6) is 0. The smallest absolute Gasteiger partial charge is 0.0848 e. The lowest BCUT2D eigenvalue weighted by Gasteiger charge is -2.34. The van der Waals surface area contributed by atoms with E-state index >= 15 is 0 Å². The number of hydrogen-bond acceptors (Lipinski definition) is 2. The van der Waals surface area contributed by atoms with Crippen LogP contribution in [0.5, 0.6) is 0 Å². The van der Waals surface area contributed by atoms with E-state index in [1.165, 1.54) is 22.3 Å². The Bertz CT molecular complexity index is 666. The van der Waals surface area contributed by atoms with E-state index in [1.54, 1.807) is 0 Å². The number of aryl methyl sites for hydroxylation is 1. The van der Waals surface area contributed by atoms with Gasteiger partial charge in [0, 0.05) is 5.54 Å². The number of nitrogens with two attached hydrogens (primary N) is 1. The van der Waals surface area contributed by atoms with Crippen LogP contribution in [-0.2, 0) is 23.1 Å². The first-order valence-corrected chi connectivity index (χ1v) is 7.83. The SMILES string of the molecule is NC1(CC2OCCc3ccccc32)CCc2ccccc21. The van der Waals surface area contributed by atoms with Gasteiger partial charge in [0.1, 0.15) is 0 Å². The van der Waals surface area contributed by atoms with Crippen LogP contribution in [0.1, 0.15) is 41.2 Å². The number of ether oxygens (including phenoxy) is 1. The quantitative estimate of drug-likeness (QED) is 0.913. The average molecular weight is 279 g/mol. The van der Waals surface area contributed by atoms with Crippen LogP contribution in [0.25, 0.3) is 0 Å². The fourth-order valence-corrected chi connectivity index (χ4v) is 3.91. The monoisotopic (exact) mass is 279 g/mol. The third kappa shape index (κ3) is 2.19. The van der Waals surface area contributed by atoms with Gasteiger partial charge in [0.2, 0.25) is 0 Å². The summed E-state index contributed by atoms with van der Waals surface area (Å²) >= 11 is 0.